The Labute approximate surface area is 169 Å². The first-order chi connectivity index (χ1) is 13.0. The summed E-state index contributed by atoms with van der Waals surface area (Å²) in [5, 5.41) is 3.90. The third-order valence-electron chi connectivity index (χ3n) is 5.44. The van der Waals surface area contributed by atoms with E-state index in [0.717, 1.165) is 44.1 Å². The van der Waals surface area contributed by atoms with Crippen molar-refractivity contribution in [2.75, 3.05) is 13.1 Å². The maximum Gasteiger partial charge on any atom is 0.233 e. The van der Waals surface area contributed by atoms with Crippen LogP contribution in [-0.4, -0.2) is 35.7 Å². The van der Waals surface area contributed by atoms with E-state index < -0.39 is 0 Å². The Morgan fingerprint density at radius 2 is 1.74 bits per heavy atom. The first-order valence-corrected chi connectivity index (χ1v) is 10.3. The van der Waals surface area contributed by atoms with Gasteiger partial charge in [-0.3, -0.25) is 19.3 Å². The third kappa shape index (κ3) is 4.82. The largest absolute Gasteiger partial charge is 0.356 e. The SMILES string of the molecule is O=C(CCN1C(=O)C2CCCCC2C1=O)NCCCc1ccc(Cl)c(Cl)c1. The Bertz CT molecular complexity index is 714. The standard InChI is InChI=1S/C20H24Cl2N2O3/c21-16-8-7-13(12-17(16)22)4-3-10-23-18(25)9-11-24-19(26)14-5-1-2-6-15(14)20(24)27/h7-8,12,14-15H,1-6,9-11H2,(H,23,25). The van der Waals surface area contributed by atoms with Gasteiger partial charge in [0.05, 0.1) is 21.9 Å². The number of nitrogens with one attached hydrogen (secondary N) is 1. The van der Waals surface area contributed by atoms with Crippen molar-refractivity contribution < 1.29 is 14.4 Å². The van der Waals surface area contributed by atoms with Gasteiger partial charge in [-0.25, -0.2) is 0 Å². The summed E-state index contributed by atoms with van der Waals surface area (Å²) in [6, 6.07) is 5.51. The number of rotatable bonds is 7. The van der Waals surface area contributed by atoms with Gasteiger partial charge in [0.2, 0.25) is 17.7 Å². The summed E-state index contributed by atoms with van der Waals surface area (Å²) in [6.07, 6.45) is 5.32. The van der Waals surface area contributed by atoms with Crippen LogP contribution in [-0.2, 0) is 20.8 Å². The molecule has 2 atom stereocenters. The Morgan fingerprint density at radius 1 is 1.07 bits per heavy atom. The number of fused-ring (bicyclic) bond motifs is 1. The normalized spacial score (nSPS) is 22.1. The second-order valence-electron chi connectivity index (χ2n) is 7.28. The Balaban J connectivity index is 1.38. The highest BCUT2D eigenvalue weighted by Gasteiger charge is 2.47. The fraction of sp³-hybridized carbons (Fsp3) is 0.550. The molecule has 1 aromatic rings. The Morgan fingerprint density at radius 3 is 2.37 bits per heavy atom. The minimum absolute atomic E-state index is 0.0860. The maximum absolute atomic E-state index is 12.4. The van der Waals surface area contributed by atoms with Gasteiger partial charge in [0.15, 0.2) is 0 Å². The van der Waals surface area contributed by atoms with Gasteiger partial charge in [-0.15, -0.1) is 0 Å². The summed E-state index contributed by atoms with van der Waals surface area (Å²) in [5.74, 6) is -0.616. The van der Waals surface area contributed by atoms with Crippen molar-refractivity contribution in [2.45, 2.75) is 44.9 Å². The Hall–Kier alpha value is -1.59. The molecular weight excluding hydrogens is 387 g/mol. The monoisotopic (exact) mass is 410 g/mol. The van der Waals surface area contributed by atoms with E-state index >= 15 is 0 Å². The summed E-state index contributed by atoms with van der Waals surface area (Å²) in [5.41, 5.74) is 1.06. The molecule has 146 valence electrons. The van der Waals surface area contributed by atoms with Crippen molar-refractivity contribution in [3.8, 4) is 0 Å². The van der Waals surface area contributed by atoms with Crippen LogP contribution in [0.25, 0.3) is 0 Å². The van der Waals surface area contributed by atoms with E-state index in [-0.39, 0.29) is 42.5 Å². The molecule has 0 radical (unpaired) electrons. The highest BCUT2D eigenvalue weighted by atomic mass is 35.5. The van der Waals surface area contributed by atoms with E-state index in [1.54, 1.807) is 6.07 Å². The molecule has 1 N–H and O–H groups in total. The molecule has 0 spiro atoms. The molecule has 2 unspecified atom stereocenters. The van der Waals surface area contributed by atoms with Gasteiger partial charge >= 0.3 is 0 Å². The molecule has 27 heavy (non-hydrogen) atoms. The number of carbonyl (C=O) groups is 3. The molecule has 0 bridgehead atoms. The lowest BCUT2D eigenvalue weighted by atomic mass is 9.81. The van der Waals surface area contributed by atoms with E-state index in [0.29, 0.717) is 16.6 Å². The number of hydrogen-bond acceptors (Lipinski definition) is 3. The fourth-order valence-corrected chi connectivity index (χ4v) is 4.29. The molecule has 1 saturated carbocycles. The molecule has 1 aliphatic carbocycles. The highest BCUT2D eigenvalue weighted by Crippen LogP contribution is 2.37. The van der Waals surface area contributed by atoms with E-state index in [2.05, 4.69) is 5.32 Å². The third-order valence-corrected chi connectivity index (χ3v) is 6.18. The number of carbonyl (C=O) groups excluding carboxylic acids is 3. The molecule has 1 aromatic carbocycles. The first kappa shape index (κ1) is 20.2. The molecular formula is C20H24Cl2N2O3. The predicted octanol–water partition coefficient (Wildman–Crippen LogP) is 3.61. The second kappa shape index (κ2) is 9.07. The van der Waals surface area contributed by atoms with Crippen molar-refractivity contribution >= 4 is 40.9 Å². The lowest BCUT2D eigenvalue weighted by Crippen LogP contribution is -2.35. The number of amides is 3. The minimum Gasteiger partial charge on any atom is -0.356 e. The van der Waals surface area contributed by atoms with Crippen LogP contribution in [0.1, 0.15) is 44.1 Å². The van der Waals surface area contributed by atoms with Crippen LogP contribution in [0, 0.1) is 11.8 Å². The van der Waals surface area contributed by atoms with Gasteiger partial charge in [0.1, 0.15) is 0 Å². The summed E-state index contributed by atoms with van der Waals surface area (Å²) >= 11 is 11.9. The van der Waals surface area contributed by atoms with Gasteiger partial charge in [-0.1, -0.05) is 42.1 Å². The van der Waals surface area contributed by atoms with Gasteiger partial charge in [-0.05, 0) is 43.4 Å². The molecule has 0 aromatic heterocycles. The average Bonchev–Trinajstić information content (AvgIpc) is 2.91. The lowest BCUT2D eigenvalue weighted by Gasteiger charge is -2.19. The summed E-state index contributed by atoms with van der Waals surface area (Å²) in [6.45, 7) is 0.718. The number of hydrogen-bond donors (Lipinski definition) is 1. The van der Waals surface area contributed by atoms with Gasteiger partial charge in [0.25, 0.3) is 0 Å². The quantitative estimate of drug-likeness (QED) is 0.551. The van der Waals surface area contributed by atoms with Crippen molar-refractivity contribution in [1.29, 1.82) is 0 Å². The zero-order valence-electron chi connectivity index (χ0n) is 15.2. The van der Waals surface area contributed by atoms with Crippen molar-refractivity contribution in [3.63, 3.8) is 0 Å². The minimum atomic E-state index is -0.152. The number of halogens is 2. The number of benzene rings is 1. The zero-order valence-corrected chi connectivity index (χ0v) is 16.7. The van der Waals surface area contributed by atoms with Crippen LogP contribution in [0.4, 0.5) is 0 Å². The van der Waals surface area contributed by atoms with Crippen molar-refractivity contribution in [2.24, 2.45) is 11.8 Å². The maximum atomic E-state index is 12.4. The summed E-state index contributed by atoms with van der Waals surface area (Å²) < 4.78 is 0. The zero-order chi connectivity index (χ0) is 19.4. The van der Waals surface area contributed by atoms with E-state index in [4.69, 9.17) is 23.2 Å². The molecule has 2 aliphatic rings. The van der Waals surface area contributed by atoms with Crippen molar-refractivity contribution in [3.05, 3.63) is 33.8 Å². The molecule has 3 amide bonds. The number of likely N-dealkylation sites (tertiary alicyclic amines) is 1. The lowest BCUT2D eigenvalue weighted by molar-refractivity contribution is -0.140. The van der Waals surface area contributed by atoms with Crippen LogP contribution >= 0.6 is 23.2 Å². The smallest absolute Gasteiger partial charge is 0.233 e. The van der Waals surface area contributed by atoms with Gasteiger partial charge in [-0.2, -0.15) is 0 Å². The summed E-state index contributed by atoms with van der Waals surface area (Å²) in [4.78, 5) is 38.1. The molecule has 1 aliphatic heterocycles. The topological polar surface area (TPSA) is 66.5 Å². The molecule has 2 fully saturated rings. The fourth-order valence-electron chi connectivity index (χ4n) is 3.97. The molecule has 1 heterocycles. The van der Waals surface area contributed by atoms with E-state index in [1.165, 1.54) is 4.90 Å². The molecule has 3 rings (SSSR count). The van der Waals surface area contributed by atoms with Crippen molar-refractivity contribution in [1.82, 2.24) is 10.2 Å². The first-order valence-electron chi connectivity index (χ1n) is 9.53. The molecule has 1 saturated heterocycles. The number of imide groups is 1. The predicted molar refractivity (Wildman–Crippen MR) is 105 cm³/mol. The second-order valence-corrected chi connectivity index (χ2v) is 8.09. The van der Waals surface area contributed by atoms with E-state index in [9.17, 15) is 14.4 Å². The molecule has 7 heteroatoms. The van der Waals surface area contributed by atoms with Gasteiger partial charge in [0, 0.05) is 19.5 Å². The molecule has 5 nitrogen and oxygen atoms in total. The van der Waals surface area contributed by atoms with Gasteiger partial charge < -0.3 is 5.32 Å². The van der Waals surface area contributed by atoms with Crippen LogP contribution in [0.15, 0.2) is 18.2 Å². The summed E-state index contributed by atoms with van der Waals surface area (Å²) in [7, 11) is 0. The number of aryl methyl sites for hydroxylation is 1. The van der Waals surface area contributed by atoms with Crippen LogP contribution in [0.3, 0.4) is 0 Å². The van der Waals surface area contributed by atoms with Crippen LogP contribution < -0.4 is 5.32 Å². The van der Waals surface area contributed by atoms with Crippen LogP contribution in [0.5, 0.6) is 0 Å². The average molecular weight is 411 g/mol. The Kier molecular flexibility index (Phi) is 6.77. The number of nitrogens with zero attached hydrogens (tertiary/aromatic N) is 1. The van der Waals surface area contributed by atoms with E-state index in [1.807, 2.05) is 12.1 Å². The van der Waals surface area contributed by atoms with Crippen LogP contribution in [0.2, 0.25) is 10.0 Å². The highest BCUT2D eigenvalue weighted by molar-refractivity contribution is 6.42.